The third-order valence-electron chi connectivity index (χ3n) is 7.00. The summed E-state index contributed by atoms with van der Waals surface area (Å²) >= 11 is 0. The van der Waals surface area contributed by atoms with Crippen molar-refractivity contribution in [3.8, 4) is 0 Å². The summed E-state index contributed by atoms with van der Waals surface area (Å²) in [4.78, 5) is 24.8. The van der Waals surface area contributed by atoms with Crippen LogP contribution in [0.25, 0.3) is 0 Å². The molecule has 3 rings (SSSR count). The molecule has 0 heterocycles. The molecule has 0 unspecified atom stereocenters. The Kier molecular flexibility index (Phi) is 7.02. The predicted molar refractivity (Wildman–Crippen MR) is 115 cm³/mol. The van der Waals surface area contributed by atoms with Gasteiger partial charge < -0.3 is 10.2 Å². The Morgan fingerprint density at radius 2 is 1.24 bits per heavy atom. The summed E-state index contributed by atoms with van der Waals surface area (Å²) in [5.74, 6) is -1.07. The molecular formula is C25H36O4. The molecule has 29 heavy (non-hydrogen) atoms. The lowest BCUT2D eigenvalue weighted by Crippen LogP contribution is -2.24. The molecule has 160 valence electrons. The van der Waals surface area contributed by atoms with Gasteiger partial charge in [0, 0.05) is 0 Å². The molecule has 2 aliphatic rings. The number of aromatic carboxylic acids is 2. The van der Waals surface area contributed by atoms with Gasteiger partial charge in [-0.05, 0) is 79.0 Å². The van der Waals surface area contributed by atoms with E-state index in [-0.39, 0.29) is 11.5 Å². The first-order valence-electron chi connectivity index (χ1n) is 11.5. The summed E-state index contributed by atoms with van der Waals surface area (Å²) in [6.07, 6.45) is 11.8. The molecule has 0 radical (unpaired) electrons. The number of carbonyl (C=O) groups is 2. The summed E-state index contributed by atoms with van der Waals surface area (Å²) in [6.45, 7) is 5.96. The minimum absolute atomic E-state index is 0.249. The third-order valence-corrected chi connectivity index (χ3v) is 7.00. The average Bonchev–Trinajstić information content (AvgIpc) is 2.67. The Hall–Kier alpha value is -1.84. The maximum atomic E-state index is 12.4. The van der Waals surface area contributed by atoms with Crippen LogP contribution in [0, 0.1) is 12.8 Å². The Balaban J connectivity index is 2.36. The van der Waals surface area contributed by atoms with Crippen LogP contribution in [-0.2, 0) is 6.42 Å². The van der Waals surface area contributed by atoms with Gasteiger partial charge in [0.1, 0.15) is 0 Å². The maximum absolute atomic E-state index is 12.4. The van der Waals surface area contributed by atoms with Crippen LogP contribution in [0.15, 0.2) is 0 Å². The molecule has 0 atom stereocenters. The second-order valence-corrected chi connectivity index (χ2v) is 9.56. The van der Waals surface area contributed by atoms with Gasteiger partial charge >= 0.3 is 11.9 Å². The Bertz CT molecular complexity index is 766. The molecule has 0 aliphatic heterocycles. The molecule has 1 aromatic rings. The topological polar surface area (TPSA) is 74.6 Å². The van der Waals surface area contributed by atoms with E-state index in [1.165, 1.54) is 12.8 Å². The van der Waals surface area contributed by atoms with E-state index >= 15 is 0 Å². The predicted octanol–water partition coefficient (Wildman–Crippen LogP) is 6.69. The largest absolute Gasteiger partial charge is 0.478 e. The zero-order valence-electron chi connectivity index (χ0n) is 18.2. The lowest BCUT2D eigenvalue weighted by Gasteiger charge is -2.34. The summed E-state index contributed by atoms with van der Waals surface area (Å²) in [5.41, 5.74) is 4.06. The summed E-state index contributed by atoms with van der Waals surface area (Å²) in [6, 6.07) is 0. The van der Waals surface area contributed by atoms with Crippen molar-refractivity contribution in [2.75, 3.05) is 0 Å². The van der Waals surface area contributed by atoms with Crippen LogP contribution in [0.1, 0.15) is 133 Å². The van der Waals surface area contributed by atoms with E-state index in [2.05, 4.69) is 13.8 Å². The molecule has 2 N–H and O–H groups in total. The molecule has 4 heteroatoms. The van der Waals surface area contributed by atoms with Crippen LogP contribution >= 0.6 is 0 Å². The minimum Gasteiger partial charge on any atom is -0.478 e. The third kappa shape index (κ3) is 4.51. The Morgan fingerprint density at radius 1 is 0.793 bits per heavy atom. The molecule has 0 aromatic heterocycles. The van der Waals surface area contributed by atoms with Crippen molar-refractivity contribution in [1.82, 2.24) is 0 Å². The lowest BCUT2D eigenvalue weighted by atomic mass is 9.69. The van der Waals surface area contributed by atoms with E-state index in [1.807, 2.05) is 0 Å². The zero-order chi connectivity index (χ0) is 21.1. The van der Waals surface area contributed by atoms with Gasteiger partial charge in [-0.3, -0.25) is 0 Å². The van der Waals surface area contributed by atoms with Crippen molar-refractivity contribution in [2.45, 2.75) is 103 Å². The van der Waals surface area contributed by atoms with Gasteiger partial charge in [-0.2, -0.15) is 0 Å². The number of benzene rings is 1. The second-order valence-electron chi connectivity index (χ2n) is 9.56. The fourth-order valence-electron chi connectivity index (χ4n) is 5.84. The van der Waals surface area contributed by atoms with E-state index in [1.54, 1.807) is 6.92 Å². The molecule has 0 spiro atoms. The number of hydrogen-bond acceptors (Lipinski definition) is 2. The number of rotatable bonds is 6. The van der Waals surface area contributed by atoms with Gasteiger partial charge in [0.15, 0.2) is 0 Å². The van der Waals surface area contributed by atoms with E-state index in [4.69, 9.17) is 0 Å². The van der Waals surface area contributed by atoms with Gasteiger partial charge in [-0.15, -0.1) is 0 Å². The molecule has 1 aromatic carbocycles. The summed E-state index contributed by atoms with van der Waals surface area (Å²) in [7, 11) is 0. The summed E-state index contributed by atoms with van der Waals surface area (Å²) in [5, 5.41) is 20.3. The zero-order valence-corrected chi connectivity index (χ0v) is 18.2. The first kappa shape index (κ1) is 21.9. The normalized spacial score (nSPS) is 18.9. The van der Waals surface area contributed by atoms with E-state index in [9.17, 15) is 19.8 Å². The summed E-state index contributed by atoms with van der Waals surface area (Å²) < 4.78 is 0. The lowest BCUT2D eigenvalue weighted by molar-refractivity contribution is 0.0693. The highest BCUT2D eigenvalue weighted by Gasteiger charge is 2.35. The van der Waals surface area contributed by atoms with Gasteiger partial charge in [0.25, 0.3) is 0 Å². The number of carboxylic acids is 2. The fourth-order valence-corrected chi connectivity index (χ4v) is 5.84. The van der Waals surface area contributed by atoms with Crippen molar-refractivity contribution in [3.05, 3.63) is 33.4 Å². The molecule has 0 saturated heterocycles. The van der Waals surface area contributed by atoms with E-state index < -0.39 is 11.9 Å². The molecule has 2 aliphatic carbocycles. The Morgan fingerprint density at radius 3 is 1.66 bits per heavy atom. The van der Waals surface area contributed by atoms with Crippen LogP contribution in [0.4, 0.5) is 0 Å². The molecule has 0 amide bonds. The first-order chi connectivity index (χ1) is 13.8. The highest BCUT2D eigenvalue weighted by Crippen LogP contribution is 2.46. The molecule has 2 fully saturated rings. The van der Waals surface area contributed by atoms with Crippen molar-refractivity contribution in [3.63, 3.8) is 0 Å². The van der Waals surface area contributed by atoms with Crippen LogP contribution < -0.4 is 0 Å². The van der Waals surface area contributed by atoms with Crippen molar-refractivity contribution in [2.24, 2.45) is 5.92 Å². The van der Waals surface area contributed by atoms with E-state index in [0.29, 0.717) is 29.4 Å². The highest BCUT2D eigenvalue weighted by atomic mass is 16.4. The van der Waals surface area contributed by atoms with Crippen LogP contribution in [-0.4, -0.2) is 22.2 Å². The second kappa shape index (κ2) is 9.32. The van der Waals surface area contributed by atoms with Crippen LogP contribution in [0.2, 0.25) is 0 Å². The minimum atomic E-state index is -0.979. The molecule has 4 nitrogen and oxygen atoms in total. The van der Waals surface area contributed by atoms with Crippen LogP contribution in [0.5, 0.6) is 0 Å². The Labute approximate surface area is 174 Å². The highest BCUT2D eigenvalue weighted by molar-refractivity contribution is 6.00. The van der Waals surface area contributed by atoms with Gasteiger partial charge in [0.05, 0.1) is 11.1 Å². The van der Waals surface area contributed by atoms with Crippen LogP contribution in [0.3, 0.4) is 0 Å². The van der Waals surface area contributed by atoms with Crippen molar-refractivity contribution < 1.29 is 19.8 Å². The first-order valence-corrected chi connectivity index (χ1v) is 11.5. The maximum Gasteiger partial charge on any atom is 0.336 e. The van der Waals surface area contributed by atoms with Crippen molar-refractivity contribution in [1.29, 1.82) is 0 Å². The molecule has 0 bridgehead atoms. The molecular weight excluding hydrogens is 364 g/mol. The SMILES string of the molecule is Cc1c(C(=O)O)c(CC(C)C)c(C2CCCCC2)c(C2CCCCC2)c1C(=O)O. The average molecular weight is 401 g/mol. The fraction of sp³-hybridized carbons (Fsp3) is 0.680. The smallest absolute Gasteiger partial charge is 0.336 e. The number of hydrogen-bond donors (Lipinski definition) is 2. The quantitative estimate of drug-likeness (QED) is 0.558. The molecule has 2 saturated carbocycles. The van der Waals surface area contributed by atoms with Gasteiger partial charge in [0.2, 0.25) is 0 Å². The monoisotopic (exact) mass is 400 g/mol. The van der Waals surface area contributed by atoms with E-state index in [0.717, 1.165) is 68.1 Å². The standard InChI is InChI=1S/C25H36O4/c1-15(2)14-19-20(24(26)27)16(3)21(25(28)29)23(18-12-8-5-9-13-18)22(19)17-10-6-4-7-11-17/h15,17-18H,4-14H2,1-3H3,(H,26,27)(H,28,29). The number of carboxylic acid groups (broad SMARTS) is 2. The van der Waals surface area contributed by atoms with Gasteiger partial charge in [-0.1, -0.05) is 52.4 Å². The van der Waals surface area contributed by atoms with Crippen molar-refractivity contribution >= 4 is 11.9 Å². The van der Waals surface area contributed by atoms with Gasteiger partial charge in [-0.25, -0.2) is 9.59 Å².